The zero-order valence-corrected chi connectivity index (χ0v) is 19.8. The second-order valence-electron chi connectivity index (χ2n) is 7.41. The Labute approximate surface area is 204 Å². The van der Waals surface area contributed by atoms with E-state index in [0.717, 1.165) is 22.4 Å². The van der Waals surface area contributed by atoms with Crippen LogP contribution in [0.5, 0.6) is 0 Å². The molecule has 0 atom stereocenters. The van der Waals surface area contributed by atoms with Crippen molar-refractivity contribution < 1.29 is 9.72 Å². The number of aryl methyl sites for hydroxylation is 2. The molecule has 1 N–H and O–H groups in total. The molecule has 9 nitrogen and oxygen atoms in total. The Morgan fingerprint density at radius 2 is 1.85 bits per heavy atom. The first-order valence-electron chi connectivity index (χ1n) is 10.1. The van der Waals surface area contributed by atoms with E-state index < -0.39 is 4.92 Å². The molecule has 2 aromatic carbocycles. The fourth-order valence-electron chi connectivity index (χ4n) is 3.21. The molecule has 0 saturated carbocycles. The third kappa shape index (κ3) is 5.08. The maximum atomic E-state index is 12.6. The van der Waals surface area contributed by atoms with Gasteiger partial charge in [0.1, 0.15) is 5.02 Å². The number of nitrogens with one attached hydrogen (secondary N) is 1. The molecular formula is C23H19ClN6O3S. The van der Waals surface area contributed by atoms with Gasteiger partial charge in [0.25, 0.3) is 5.69 Å². The van der Waals surface area contributed by atoms with Gasteiger partial charge in [0.05, 0.1) is 16.4 Å². The molecule has 0 aliphatic carbocycles. The lowest BCUT2D eigenvalue weighted by Gasteiger charge is -2.12. The zero-order valence-electron chi connectivity index (χ0n) is 18.2. The van der Waals surface area contributed by atoms with Gasteiger partial charge in [-0.1, -0.05) is 29.4 Å². The van der Waals surface area contributed by atoms with Crippen molar-refractivity contribution in [2.24, 2.45) is 0 Å². The van der Waals surface area contributed by atoms with Gasteiger partial charge in [0.15, 0.2) is 11.0 Å². The third-order valence-electron chi connectivity index (χ3n) is 5.08. The summed E-state index contributed by atoms with van der Waals surface area (Å²) in [6.07, 6.45) is 3.36. The van der Waals surface area contributed by atoms with Gasteiger partial charge in [0.2, 0.25) is 5.91 Å². The molecular weight excluding hydrogens is 476 g/mol. The van der Waals surface area contributed by atoms with Crippen molar-refractivity contribution in [2.45, 2.75) is 19.0 Å². The fraction of sp³-hybridized carbons (Fsp3) is 0.130. The average Bonchev–Trinajstić information content (AvgIpc) is 3.25. The Morgan fingerprint density at radius 1 is 1.09 bits per heavy atom. The Balaban J connectivity index is 1.59. The van der Waals surface area contributed by atoms with E-state index in [-0.39, 0.29) is 28.1 Å². The summed E-state index contributed by atoms with van der Waals surface area (Å²) in [5.41, 5.74) is 4.00. The van der Waals surface area contributed by atoms with Gasteiger partial charge in [-0.15, -0.1) is 10.2 Å². The molecule has 0 aliphatic heterocycles. The summed E-state index contributed by atoms with van der Waals surface area (Å²) < 4.78 is 1.90. The second kappa shape index (κ2) is 10.0. The Bertz CT molecular complexity index is 1380. The lowest BCUT2D eigenvalue weighted by Crippen LogP contribution is -2.14. The van der Waals surface area contributed by atoms with E-state index in [0.29, 0.717) is 11.0 Å². The number of carbonyl (C=O) groups excluding carboxylic acids is 1. The van der Waals surface area contributed by atoms with E-state index in [2.05, 4.69) is 20.5 Å². The van der Waals surface area contributed by atoms with Gasteiger partial charge >= 0.3 is 0 Å². The molecule has 0 unspecified atom stereocenters. The van der Waals surface area contributed by atoms with Crippen LogP contribution in [0.2, 0.25) is 5.02 Å². The van der Waals surface area contributed by atoms with Crippen LogP contribution in [-0.4, -0.2) is 36.3 Å². The number of nitrogens with zero attached hydrogens (tertiary/aromatic N) is 5. The summed E-state index contributed by atoms with van der Waals surface area (Å²) in [5.74, 6) is 0.305. The summed E-state index contributed by atoms with van der Waals surface area (Å²) in [7, 11) is 0. The zero-order chi connectivity index (χ0) is 24.2. The lowest BCUT2D eigenvalue weighted by atomic mass is 10.1. The van der Waals surface area contributed by atoms with Crippen molar-refractivity contribution in [1.29, 1.82) is 0 Å². The predicted molar refractivity (Wildman–Crippen MR) is 132 cm³/mol. The van der Waals surface area contributed by atoms with Crippen molar-refractivity contribution >= 4 is 40.6 Å². The minimum Gasteiger partial charge on any atom is -0.325 e. The SMILES string of the molecule is Cc1ccc(-n2c(SCC(=O)Nc3ccc(Cl)c([N+](=O)[O-])c3)nnc2-c2ccncc2)cc1C. The highest BCUT2D eigenvalue weighted by molar-refractivity contribution is 7.99. The number of anilines is 1. The largest absolute Gasteiger partial charge is 0.325 e. The number of hydrogen-bond acceptors (Lipinski definition) is 7. The van der Waals surface area contributed by atoms with Crippen LogP contribution in [0, 0.1) is 24.0 Å². The molecule has 4 rings (SSSR count). The number of amides is 1. The maximum Gasteiger partial charge on any atom is 0.289 e. The van der Waals surface area contributed by atoms with Crippen LogP contribution in [0.1, 0.15) is 11.1 Å². The third-order valence-corrected chi connectivity index (χ3v) is 6.33. The second-order valence-corrected chi connectivity index (χ2v) is 8.76. The highest BCUT2D eigenvalue weighted by atomic mass is 35.5. The van der Waals surface area contributed by atoms with Crippen LogP contribution < -0.4 is 5.32 Å². The summed E-state index contributed by atoms with van der Waals surface area (Å²) in [5, 5.41) is 23.0. The van der Waals surface area contributed by atoms with Gasteiger partial charge in [-0.3, -0.25) is 24.5 Å². The molecule has 0 fully saturated rings. The van der Waals surface area contributed by atoms with Gasteiger partial charge < -0.3 is 5.32 Å². The van der Waals surface area contributed by atoms with Crippen LogP contribution in [0.25, 0.3) is 17.1 Å². The normalized spacial score (nSPS) is 10.8. The minimum atomic E-state index is -0.598. The van der Waals surface area contributed by atoms with Crippen LogP contribution >= 0.6 is 23.4 Å². The maximum absolute atomic E-state index is 12.6. The number of benzene rings is 2. The number of nitro benzene ring substituents is 1. The van der Waals surface area contributed by atoms with E-state index in [1.54, 1.807) is 12.4 Å². The Hall–Kier alpha value is -3.76. The number of rotatable bonds is 7. The van der Waals surface area contributed by atoms with Crippen molar-refractivity contribution in [2.75, 3.05) is 11.1 Å². The van der Waals surface area contributed by atoms with E-state index >= 15 is 0 Å². The minimum absolute atomic E-state index is 0.00232. The number of thioether (sulfide) groups is 1. The molecule has 0 spiro atoms. The molecule has 0 bridgehead atoms. The molecule has 172 valence electrons. The summed E-state index contributed by atoms with van der Waals surface area (Å²) >= 11 is 7.05. The van der Waals surface area contributed by atoms with Gasteiger partial charge in [0, 0.05) is 29.7 Å². The van der Waals surface area contributed by atoms with Crippen LogP contribution in [-0.2, 0) is 4.79 Å². The summed E-state index contributed by atoms with van der Waals surface area (Å²) in [6.45, 7) is 4.07. The number of halogens is 1. The standard InChI is InChI=1S/C23H19ClN6O3S/c1-14-3-5-18(11-15(14)2)29-22(16-7-9-25-10-8-16)27-28-23(29)34-13-21(31)26-17-4-6-19(24)20(12-17)30(32)33/h3-12H,13H2,1-2H3,(H,26,31). The molecule has 11 heteroatoms. The van der Waals surface area contributed by atoms with Crippen LogP contribution in [0.4, 0.5) is 11.4 Å². The number of carbonyl (C=O) groups is 1. The number of nitro groups is 1. The summed E-state index contributed by atoms with van der Waals surface area (Å²) in [4.78, 5) is 27.1. The Kier molecular flexibility index (Phi) is 6.90. The van der Waals surface area contributed by atoms with Crippen molar-refractivity contribution in [3.8, 4) is 17.1 Å². The highest BCUT2D eigenvalue weighted by Crippen LogP contribution is 2.30. The van der Waals surface area contributed by atoms with Gasteiger partial charge in [-0.2, -0.15) is 0 Å². The smallest absolute Gasteiger partial charge is 0.289 e. The summed E-state index contributed by atoms with van der Waals surface area (Å²) in [6, 6.07) is 13.8. The molecule has 0 aliphatic rings. The topological polar surface area (TPSA) is 116 Å². The van der Waals surface area contributed by atoms with Crippen LogP contribution in [0.3, 0.4) is 0 Å². The van der Waals surface area contributed by atoms with Gasteiger partial charge in [-0.05, 0) is 61.4 Å². The van der Waals surface area contributed by atoms with Crippen molar-refractivity contribution in [3.63, 3.8) is 0 Å². The molecule has 0 saturated heterocycles. The van der Waals surface area contributed by atoms with E-state index in [1.165, 1.54) is 30.0 Å². The molecule has 34 heavy (non-hydrogen) atoms. The predicted octanol–water partition coefficient (Wildman–Crippen LogP) is 5.24. The van der Waals surface area contributed by atoms with E-state index in [9.17, 15) is 14.9 Å². The van der Waals surface area contributed by atoms with E-state index in [1.807, 2.05) is 48.7 Å². The molecule has 4 aromatic rings. The van der Waals surface area contributed by atoms with Crippen LogP contribution in [0.15, 0.2) is 66.1 Å². The van der Waals surface area contributed by atoms with Gasteiger partial charge in [-0.25, -0.2) is 0 Å². The fourth-order valence-corrected chi connectivity index (χ4v) is 4.14. The molecule has 2 heterocycles. The first kappa shape index (κ1) is 23.4. The molecule has 0 radical (unpaired) electrons. The number of hydrogen-bond donors (Lipinski definition) is 1. The lowest BCUT2D eigenvalue weighted by molar-refractivity contribution is -0.384. The van der Waals surface area contributed by atoms with Crippen molar-refractivity contribution in [3.05, 3.63) is 87.2 Å². The highest BCUT2D eigenvalue weighted by Gasteiger charge is 2.19. The molecule has 1 amide bonds. The first-order valence-corrected chi connectivity index (χ1v) is 11.5. The monoisotopic (exact) mass is 494 g/mol. The average molecular weight is 495 g/mol. The van der Waals surface area contributed by atoms with E-state index in [4.69, 9.17) is 11.6 Å². The van der Waals surface area contributed by atoms with Crippen molar-refractivity contribution in [1.82, 2.24) is 19.7 Å². The number of aromatic nitrogens is 4. The Morgan fingerprint density at radius 3 is 2.56 bits per heavy atom. The first-order chi connectivity index (χ1) is 16.3. The number of pyridine rings is 1. The molecule has 2 aromatic heterocycles. The quantitative estimate of drug-likeness (QED) is 0.212.